The molecule has 1 nitrogen and oxygen atoms in total. The van der Waals surface area contributed by atoms with Gasteiger partial charge >= 0.3 is 0 Å². The maximum absolute atomic E-state index is 2.27. The van der Waals surface area contributed by atoms with Gasteiger partial charge in [-0.25, -0.2) is 0 Å². The molecule has 0 heterocycles. The van der Waals surface area contributed by atoms with Gasteiger partial charge in [0, 0.05) is 12.3 Å². The second kappa shape index (κ2) is 6.43. The molecule has 0 unspecified atom stereocenters. The third-order valence-electron chi connectivity index (χ3n) is 1.25. The maximum Gasteiger partial charge on any atom is 0.00806 e. The van der Waals surface area contributed by atoms with Gasteiger partial charge in [-0.05, 0) is 13.5 Å². The molecule has 0 saturated carbocycles. The number of hydrogen-bond acceptors (Lipinski definition) is 2. The van der Waals surface area contributed by atoms with E-state index in [1.165, 1.54) is 18.6 Å². The van der Waals surface area contributed by atoms with Crippen molar-refractivity contribution in [2.75, 3.05) is 19.3 Å². The van der Waals surface area contributed by atoms with Crippen molar-refractivity contribution in [3.8, 4) is 0 Å². The molecule has 0 N–H and O–H groups in total. The number of rotatable bonds is 5. The highest BCUT2D eigenvalue weighted by Crippen LogP contribution is 2.07. The Balaban J connectivity index is 2.88. The Morgan fingerprint density at radius 3 is 2.44 bits per heavy atom. The molecule has 0 aliphatic carbocycles. The normalized spacial score (nSPS) is 10.7. The summed E-state index contributed by atoms with van der Waals surface area (Å²) in [6, 6.07) is 0. The highest BCUT2D eigenvalue weighted by molar-refractivity contribution is 7.96. The fourth-order valence-corrected chi connectivity index (χ4v) is 1.37. The van der Waals surface area contributed by atoms with Gasteiger partial charge < -0.3 is 0 Å². The van der Waals surface area contributed by atoms with Crippen molar-refractivity contribution >= 4 is 11.9 Å². The smallest absolute Gasteiger partial charge is 0.00806 e. The first kappa shape index (κ1) is 9.31. The van der Waals surface area contributed by atoms with Crippen molar-refractivity contribution in [3.63, 3.8) is 0 Å². The van der Waals surface area contributed by atoms with Crippen LogP contribution in [0.4, 0.5) is 0 Å². The molecule has 0 aromatic rings. The highest BCUT2D eigenvalue weighted by Gasteiger charge is 1.91. The van der Waals surface area contributed by atoms with Crippen molar-refractivity contribution < 1.29 is 0 Å². The SMILES string of the molecule is CCCCSN(C)CC. The number of nitrogens with zero attached hydrogens (tertiary/aromatic N) is 1. The summed E-state index contributed by atoms with van der Waals surface area (Å²) >= 11 is 1.93. The van der Waals surface area contributed by atoms with Crippen molar-refractivity contribution in [3.05, 3.63) is 0 Å². The first-order chi connectivity index (χ1) is 4.31. The minimum Gasteiger partial charge on any atom is -0.254 e. The van der Waals surface area contributed by atoms with Crippen molar-refractivity contribution in [1.29, 1.82) is 0 Å². The molecule has 0 saturated heterocycles. The molecule has 0 fully saturated rings. The first-order valence-electron chi connectivity index (χ1n) is 3.65. The van der Waals surface area contributed by atoms with E-state index in [-0.39, 0.29) is 0 Å². The zero-order valence-electron chi connectivity index (χ0n) is 6.68. The van der Waals surface area contributed by atoms with Crippen LogP contribution in [0.5, 0.6) is 0 Å². The van der Waals surface area contributed by atoms with E-state index in [0.29, 0.717) is 0 Å². The van der Waals surface area contributed by atoms with E-state index in [1.807, 2.05) is 11.9 Å². The summed E-state index contributed by atoms with van der Waals surface area (Å²) < 4.78 is 2.27. The molecule has 0 atom stereocenters. The van der Waals surface area contributed by atoms with Crippen LogP contribution in [0.15, 0.2) is 0 Å². The van der Waals surface area contributed by atoms with Gasteiger partial charge in [-0.3, -0.25) is 4.31 Å². The minimum atomic E-state index is 1.15. The average molecular weight is 147 g/mol. The van der Waals surface area contributed by atoms with Crippen LogP contribution in [0.2, 0.25) is 0 Å². The van der Waals surface area contributed by atoms with Crippen molar-refractivity contribution in [1.82, 2.24) is 4.31 Å². The number of hydrogen-bond donors (Lipinski definition) is 0. The Kier molecular flexibility index (Phi) is 6.65. The van der Waals surface area contributed by atoms with Gasteiger partial charge in [-0.15, -0.1) is 0 Å². The van der Waals surface area contributed by atoms with Crippen LogP contribution >= 0.6 is 11.9 Å². The summed E-state index contributed by atoms with van der Waals surface area (Å²) in [6.45, 7) is 5.56. The fraction of sp³-hybridized carbons (Fsp3) is 1.00. The lowest BCUT2D eigenvalue weighted by atomic mass is 10.4. The molecule has 0 amide bonds. The maximum atomic E-state index is 2.27. The van der Waals surface area contributed by atoms with Crippen LogP contribution < -0.4 is 0 Å². The molecular formula is C7H17NS. The van der Waals surface area contributed by atoms with Gasteiger partial charge in [0.1, 0.15) is 0 Å². The molecule has 0 radical (unpaired) electrons. The van der Waals surface area contributed by atoms with Crippen LogP contribution in [0.25, 0.3) is 0 Å². The Bertz CT molecular complexity index is 56.9. The highest BCUT2D eigenvalue weighted by atomic mass is 32.2. The van der Waals surface area contributed by atoms with Crippen molar-refractivity contribution in [2.45, 2.75) is 26.7 Å². The second-order valence-electron chi connectivity index (χ2n) is 2.13. The molecule has 0 spiro atoms. The number of unbranched alkanes of at least 4 members (excludes halogenated alkanes) is 1. The molecule has 0 aromatic carbocycles. The lowest BCUT2D eigenvalue weighted by Crippen LogP contribution is -2.07. The molecular weight excluding hydrogens is 130 g/mol. The van der Waals surface area contributed by atoms with E-state index in [4.69, 9.17) is 0 Å². The van der Waals surface area contributed by atoms with E-state index in [9.17, 15) is 0 Å². The summed E-state index contributed by atoms with van der Waals surface area (Å²) in [5.41, 5.74) is 0. The fourth-order valence-electron chi connectivity index (χ4n) is 0.456. The van der Waals surface area contributed by atoms with Crippen LogP contribution in [0, 0.1) is 0 Å². The monoisotopic (exact) mass is 147 g/mol. The van der Waals surface area contributed by atoms with E-state index in [0.717, 1.165) is 6.54 Å². The van der Waals surface area contributed by atoms with Crippen molar-refractivity contribution in [2.24, 2.45) is 0 Å². The average Bonchev–Trinajstić information content (AvgIpc) is 1.89. The Hall–Kier alpha value is 0.310. The molecule has 0 aliphatic heterocycles. The first-order valence-corrected chi connectivity index (χ1v) is 4.59. The lowest BCUT2D eigenvalue weighted by molar-refractivity contribution is 0.600. The van der Waals surface area contributed by atoms with Gasteiger partial charge in [-0.1, -0.05) is 32.2 Å². The predicted molar refractivity (Wildman–Crippen MR) is 45.7 cm³/mol. The van der Waals surface area contributed by atoms with Crippen LogP contribution in [0.1, 0.15) is 26.7 Å². The molecule has 9 heavy (non-hydrogen) atoms. The quantitative estimate of drug-likeness (QED) is 0.434. The van der Waals surface area contributed by atoms with Gasteiger partial charge in [0.25, 0.3) is 0 Å². The van der Waals surface area contributed by atoms with E-state index in [2.05, 4.69) is 25.2 Å². The topological polar surface area (TPSA) is 3.24 Å². The van der Waals surface area contributed by atoms with E-state index < -0.39 is 0 Å². The van der Waals surface area contributed by atoms with Gasteiger partial charge in [0.2, 0.25) is 0 Å². The summed E-state index contributed by atoms with van der Waals surface area (Å²) in [6.07, 6.45) is 2.65. The molecule has 0 bridgehead atoms. The summed E-state index contributed by atoms with van der Waals surface area (Å²) in [5.74, 6) is 1.28. The van der Waals surface area contributed by atoms with Gasteiger partial charge in [0.15, 0.2) is 0 Å². The van der Waals surface area contributed by atoms with E-state index in [1.54, 1.807) is 0 Å². The van der Waals surface area contributed by atoms with Crippen LogP contribution in [-0.4, -0.2) is 23.7 Å². The van der Waals surface area contributed by atoms with Crippen LogP contribution in [-0.2, 0) is 0 Å². The second-order valence-corrected chi connectivity index (χ2v) is 3.42. The lowest BCUT2D eigenvalue weighted by Gasteiger charge is -2.10. The predicted octanol–water partition coefficient (Wildman–Crippen LogP) is 2.39. The third-order valence-corrected chi connectivity index (χ3v) is 2.43. The Morgan fingerprint density at radius 2 is 2.00 bits per heavy atom. The molecule has 0 aliphatic rings. The minimum absolute atomic E-state index is 1.15. The molecule has 2 heteroatoms. The van der Waals surface area contributed by atoms with Crippen LogP contribution in [0.3, 0.4) is 0 Å². The molecule has 0 aromatic heterocycles. The standard InChI is InChI=1S/C7H17NS/c1-4-6-7-9-8(3)5-2/h4-7H2,1-3H3. The summed E-state index contributed by atoms with van der Waals surface area (Å²) in [7, 11) is 2.14. The zero-order valence-corrected chi connectivity index (χ0v) is 7.50. The summed E-state index contributed by atoms with van der Waals surface area (Å²) in [5, 5.41) is 0. The van der Waals surface area contributed by atoms with E-state index >= 15 is 0 Å². The third kappa shape index (κ3) is 6.19. The molecule has 56 valence electrons. The Labute approximate surface area is 62.9 Å². The Morgan fingerprint density at radius 1 is 1.33 bits per heavy atom. The van der Waals surface area contributed by atoms with Gasteiger partial charge in [-0.2, -0.15) is 0 Å². The van der Waals surface area contributed by atoms with Gasteiger partial charge in [0.05, 0.1) is 0 Å². The summed E-state index contributed by atoms with van der Waals surface area (Å²) in [4.78, 5) is 0. The zero-order chi connectivity index (χ0) is 7.11. The largest absolute Gasteiger partial charge is 0.254 e. The molecule has 0 rings (SSSR count).